The van der Waals surface area contributed by atoms with Crippen molar-refractivity contribution >= 4 is 98.5 Å². The van der Waals surface area contributed by atoms with E-state index in [1.54, 1.807) is 61.0 Å². The van der Waals surface area contributed by atoms with E-state index in [2.05, 4.69) is 39.0 Å². The number of aliphatic carboxylic acids is 4. The molecule has 20 nitrogen and oxygen atoms in total. The second-order valence-corrected chi connectivity index (χ2v) is 20.1. The van der Waals surface area contributed by atoms with E-state index in [0.29, 0.717) is 135 Å². The number of nitrogens with one attached hydrogen (secondary N) is 2. The molecule has 0 saturated heterocycles. The number of imidazole rings is 1. The Kier molecular flexibility index (Phi) is 15.6. The van der Waals surface area contributed by atoms with Gasteiger partial charge in [0.25, 0.3) is 0 Å². The third-order valence-corrected chi connectivity index (χ3v) is 14.7. The van der Waals surface area contributed by atoms with Gasteiger partial charge in [0.05, 0.1) is 73.8 Å². The molecule has 0 aliphatic carbocycles. The third kappa shape index (κ3) is 11.4. The third-order valence-electron chi connectivity index (χ3n) is 14.7. The summed E-state index contributed by atoms with van der Waals surface area (Å²) in [5.41, 5.74) is 12.5. The zero-order valence-corrected chi connectivity index (χ0v) is 48.8. The quantitative estimate of drug-likeness (QED) is 0.0467. The number of aromatic nitrogens is 7. The smallest absolute Gasteiger partial charge is 0.657 e. The van der Waals surface area contributed by atoms with Crippen LogP contribution in [0.15, 0.2) is 147 Å². The van der Waals surface area contributed by atoms with Crippen molar-refractivity contribution in [3.05, 3.63) is 183 Å². The van der Waals surface area contributed by atoms with Gasteiger partial charge in [-0.3, -0.25) is 19.2 Å². The number of hydrogen-bond acceptors (Lipinski definition) is 12. The van der Waals surface area contributed by atoms with Crippen LogP contribution in [0.5, 0.6) is 0 Å². The molecule has 85 heavy (non-hydrogen) atoms. The largest absolute Gasteiger partial charge is 2.00 e. The first-order valence-corrected chi connectivity index (χ1v) is 26.8. The van der Waals surface area contributed by atoms with Crippen LogP contribution in [0.4, 0.5) is 0 Å². The summed E-state index contributed by atoms with van der Waals surface area (Å²) in [6.45, 7) is 0. The van der Waals surface area contributed by atoms with Crippen LogP contribution in [0.25, 0.3) is 68.9 Å². The second-order valence-electron chi connectivity index (χ2n) is 20.1. The molecule has 0 unspecified atom stereocenters. The Labute approximate surface area is 497 Å². The number of hydrogen-bond donors (Lipinski definition) is 6. The van der Waals surface area contributed by atoms with Gasteiger partial charge < -0.3 is 50.2 Å². The van der Waals surface area contributed by atoms with Gasteiger partial charge in [0.15, 0.2) is 0 Å². The summed E-state index contributed by atoms with van der Waals surface area (Å²) >= 11 is 0. The predicted molar refractivity (Wildman–Crippen MR) is 318 cm³/mol. The Morgan fingerprint density at radius 1 is 0.565 bits per heavy atom. The first-order chi connectivity index (χ1) is 40.7. The summed E-state index contributed by atoms with van der Waals surface area (Å²) in [4.78, 5) is 94.1. The summed E-state index contributed by atoms with van der Waals surface area (Å²) in [6, 6.07) is 11.0. The summed E-state index contributed by atoms with van der Waals surface area (Å²) in [5.74, 6) is 9.86. The van der Waals surface area contributed by atoms with Gasteiger partial charge in [-0.15, -0.1) is 22.1 Å². The van der Waals surface area contributed by atoms with Crippen molar-refractivity contribution in [1.29, 1.82) is 0 Å². The molecule has 0 amide bonds. The van der Waals surface area contributed by atoms with Gasteiger partial charge in [-0.25, -0.2) is 29.9 Å². The number of rotatable bonds is 13. The van der Waals surface area contributed by atoms with Gasteiger partial charge in [-0.05, 0) is 127 Å². The summed E-state index contributed by atoms with van der Waals surface area (Å²) in [5, 5.41) is 43.0. The molecule has 6 N–H and O–H groups in total. The maximum absolute atomic E-state index is 12.1. The fraction of sp³-hybridized carbons (Fsp3) is 0.156. The first kappa shape index (κ1) is 56.1. The van der Waals surface area contributed by atoms with Crippen molar-refractivity contribution in [1.82, 2.24) is 44.7 Å². The van der Waals surface area contributed by atoms with Crippen molar-refractivity contribution < 1.29 is 59.1 Å². The molecule has 5 aromatic heterocycles. The van der Waals surface area contributed by atoms with Gasteiger partial charge in [-0.1, -0.05) is 30.2 Å². The molecular weight excluding hydrogens is 1130 g/mol. The van der Waals surface area contributed by atoms with Gasteiger partial charge in [0.2, 0.25) is 0 Å². The van der Waals surface area contributed by atoms with Crippen LogP contribution in [-0.2, 0) is 58.5 Å². The van der Waals surface area contributed by atoms with E-state index in [1.807, 2.05) is 84.5 Å². The molecule has 0 radical (unpaired) electrons. The Morgan fingerprint density at radius 2 is 1.11 bits per heavy atom. The van der Waals surface area contributed by atoms with E-state index in [0.717, 1.165) is 11.4 Å². The monoisotopic (exact) mass is 1180 g/mol. The van der Waals surface area contributed by atoms with E-state index in [4.69, 9.17) is 34.9 Å². The average Bonchev–Trinajstić information content (AvgIpc) is 3.32. The van der Waals surface area contributed by atoms with Gasteiger partial charge in [0.1, 0.15) is 11.6 Å². The van der Waals surface area contributed by atoms with E-state index in [9.17, 15) is 39.6 Å². The Balaban J connectivity index is 0.00000752. The molecule has 0 aromatic carbocycles. The van der Waals surface area contributed by atoms with E-state index in [1.165, 1.54) is 0 Å². The molecule has 5 aromatic rings. The van der Waals surface area contributed by atoms with Crippen LogP contribution in [0, 0.1) is 23.7 Å². The Hall–Kier alpha value is -10.8. The molecule has 7 aliphatic rings. The number of aromatic amines is 1. The van der Waals surface area contributed by atoms with Crippen molar-refractivity contribution in [3.8, 4) is 35.1 Å². The molecule has 0 atom stereocenters. The molecule has 0 fully saturated rings. The molecular formula is C64H48N12O8Zn. The van der Waals surface area contributed by atoms with E-state index in [-0.39, 0.29) is 70.8 Å². The predicted octanol–water partition coefficient (Wildman–Crippen LogP) is 8.40. The molecule has 0 spiro atoms. The standard InChI is InChI=1S/C64H50N12O8.Zn/c1-75-33-31-65-63(75)61-53-23-19-49(71-53)37(7-27-57(77)78)45-15-11-41(67-45)35(42-12-16-46(68-42)38(8-28-58(79)80)50-20-24-54(61)72-50)5-3-4-6-36-43-13-17-47(69-43)39(9-29-59(81)82)51-21-25-55(73-51)62(64-66-32-34-76(64)2)56-26-22-52(74-56)40(10-30-60(83)84)48-18-14-44(36)70-48;/h11-26,31-34H,7-10,27-30H2,1-2H3,(H8,65,66,67,68,69,70,71,72,73,74,77,78,79,80,81,82,83,84);/q;+2/p-2. The molecule has 0 saturated carbocycles. The van der Waals surface area contributed by atoms with Crippen molar-refractivity contribution in [2.45, 2.75) is 51.4 Å². The number of aryl methyl sites for hydroxylation is 3. The van der Waals surface area contributed by atoms with Crippen LogP contribution in [0.3, 0.4) is 0 Å². The van der Waals surface area contributed by atoms with Crippen LogP contribution in [0.2, 0.25) is 0 Å². The normalized spacial score (nSPS) is 16.1. The number of H-pyrrole nitrogens is 1. The van der Waals surface area contributed by atoms with E-state index < -0.39 is 23.9 Å². The summed E-state index contributed by atoms with van der Waals surface area (Å²) in [7, 11) is 3.76. The van der Waals surface area contributed by atoms with Crippen molar-refractivity contribution in [2.75, 3.05) is 7.05 Å². The van der Waals surface area contributed by atoms with Crippen molar-refractivity contribution in [2.24, 2.45) is 22.0 Å². The fourth-order valence-electron chi connectivity index (χ4n) is 10.6. The minimum absolute atomic E-state index is 0. The van der Waals surface area contributed by atoms with Gasteiger partial charge in [0, 0.05) is 92.5 Å². The first-order valence-electron chi connectivity index (χ1n) is 26.8. The number of carboxylic acid groups (broad SMARTS) is 4. The number of allylic oxidation sites excluding steroid dienone is 10. The SMILES string of the molecule is CN1C=CN/C1=C1/C2=NC(=C(CCC(=O)O)C3=NC(=C(C#CC#Cc4c5nc(c(CCC(=O)O)c6ccc([n-]6)c(-c6nccn6C)c6nc(c(CCC(=O)O)c7ccc4[n-]7)C=C6)C=C5)C4=NC(=C(CCC(=O)O)c5ccc1[nH]5)C=C4)C=C3)C=C2.[Zn+2]. The molecule has 414 valence electrons. The topological polar surface area (TPSA) is 289 Å². The van der Waals surface area contributed by atoms with Crippen molar-refractivity contribution in [3.63, 3.8) is 0 Å². The molecule has 21 heteroatoms. The van der Waals surface area contributed by atoms with Crippen LogP contribution in [-0.4, -0.2) is 97.9 Å². The van der Waals surface area contributed by atoms with Gasteiger partial charge in [-0.2, -0.15) is 0 Å². The molecule has 7 aliphatic heterocycles. The van der Waals surface area contributed by atoms with Crippen LogP contribution in [0.1, 0.15) is 89.4 Å². The maximum atomic E-state index is 12.1. The zero-order chi connectivity index (χ0) is 58.2. The summed E-state index contributed by atoms with van der Waals surface area (Å²) < 4.78 is 1.85. The zero-order valence-electron chi connectivity index (χ0n) is 45.8. The second kappa shape index (κ2) is 23.6. The minimum Gasteiger partial charge on any atom is -0.657 e. The Bertz CT molecular complexity index is 4510. The number of fused-ring (bicyclic) bond motifs is 13. The molecule has 12 rings (SSSR count). The number of carboxylic acids is 4. The van der Waals surface area contributed by atoms with Crippen LogP contribution >= 0.6 is 0 Å². The molecule has 16 bridgehead atoms. The molecule has 12 heterocycles. The number of nitrogens with zero attached hydrogens (tertiary/aromatic N) is 10. The number of carbonyl (C=O) groups is 4. The minimum atomic E-state index is -1.000. The Morgan fingerprint density at radius 3 is 1.78 bits per heavy atom. The average molecular weight is 1180 g/mol. The van der Waals surface area contributed by atoms with Crippen LogP contribution < -0.4 is 15.3 Å². The maximum Gasteiger partial charge on any atom is 2.00 e. The van der Waals surface area contributed by atoms with Gasteiger partial charge >= 0.3 is 43.4 Å². The number of aliphatic imine (C=N–C) groups is 3. The summed E-state index contributed by atoms with van der Waals surface area (Å²) in [6.07, 6.45) is 24.9. The fourth-order valence-corrected chi connectivity index (χ4v) is 10.6. The van der Waals surface area contributed by atoms with E-state index >= 15 is 0 Å².